The summed E-state index contributed by atoms with van der Waals surface area (Å²) >= 11 is 0. The molecule has 1 atom stereocenters. The van der Waals surface area contributed by atoms with E-state index in [1.165, 1.54) is 11.0 Å². The predicted molar refractivity (Wildman–Crippen MR) is 86.3 cm³/mol. The van der Waals surface area contributed by atoms with Gasteiger partial charge < -0.3 is 15.5 Å². The second-order valence-electron chi connectivity index (χ2n) is 5.55. The first-order valence-corrected chi connectivity index (χ1v) is 6.96. The monoisotopic (exact) mass is 353 g/mol. The Morgan fingerprint density at radius 3 is 2.35 bits per heavy atom. The van der Waals surface area contributed by atoms with Crippen molar-refractivity contribution in [2.24, 2.45) is 5.73 Å². The second kappa shape index (κ2) is 9.10. The van der Waals surface area contributed by atoms with Crippen LogP contribution in [-0.4, -0.2) is 48.9 Å². The standard InChI is InChI=1S/C15H22F3N3O.ClH/c1-11(19)14(22)21(8-7-20(2)3)10-12-5-4-6-13(9-12)15(16,17)18;/h4-6,9,11H,7-8,10,19H2,1-3H3;1H. The summed E-state index contributed by atoms with van der Waals surface area (Å²) in [5.41, 5.74) is 5.33. The van der Waals surface area contributed by atoms with Crippen molar-refractivity contribution in [2.45, 2.75) is 25.7 Å². The number of halogens is 4. The van der Waals surface area contributed by atoms with Crippen molar-refractivity contribution in [3.63, 3.8) is 0 Å². The summed E-state index contributed by atoms with van der Waals surface area (Å²) in [4.78, 5) is 15.5. The van der Waals surface area contributed by atoms with Crippen molar-refractivity contribution < 1.29 is 18.0 Å². The van der Waals surface area contributed by atoms with Crippen LogP contribution in [0.5, 0.6) is 0 Å². The quantitative estimate of drug-likeness (QED) is 0.854. The van der Waals surface area contributed by atoms with Gasteiger partial charge in [-0.05, 0) is 38.7 Å². The minimum Gasteiger partial charge on any atom is -0.336 e. The number of carbonyl (C=O) groups excluding carboxylic acids is 1. The van der Waals surface area contributed by atoms with E-state index in [0.29, 0.717) is 18.7 Å². The Morgan fingerprint density at radius 2 is 1.87 bits per heavy atom. The van der Waals surface area contributed by atoms with Crippen LogP contribution in [0.2, 0.25) is 0 Å². The van der Waals surface area contributed by atoms with Crippen molar-refractivity contribution in [3.05, 3.63) is 35.4 Å². The highest BCUT2D eigenvalue weighted by Crippen LogP contribution is 2.29. The minimum absolute atomic E-state index is 0. The molecule has 0 bridgehead atoms. The smallest absolute Gasteiger partial charge is 0.336 e. The van der Waals surface area contributed by atoms with Crippen LogP contribution in [0.25, 0.3) is 0 Å². The van der Waals surface area contributed by atoms with Gasteiger partial charge in [-0.2, -0.15) is 13.2 Å². The Morgan fingerprint density at radius 1 is 1.26 bits per heavy atom. The minimum atomic E-state index is -4.39. The summed E-state index contributed by atoms with van der Waals surface area (Å²) in [5.74, 6) is -0.278. The molecule has 0 aliphatic rings. The summed E-state index contributed by atoms with van der Waals surface area (Å²) in [6.45, 7) is 2.69. The predicted octanol–water partition coefficient (Wildman–Crippen LogP) is 2.36. The number of likely N-dealkylation sites (N-methyl/N-ethyl adjacent to an activating group) is 1. The molecule has 1 aromatic carbocycles. The van der Waals surface area contributed by atoms with Crippen LogP contribution >= 0.6 is 12.4 Å². The summed E-state index contributed by atoms with van der Waals surface area (Å²) in [6.07, 6.45) is -4.39. The molecule has 0 heterocycles. The first kappa shape index (κ1) is 21.7. The number of nitrogens with two attached hydrogens (primary N) is 1. The molecule has 132 valence electrons. The topological polar surface area (TPSA) is 49.6 Å². The van der Waals surface area contributed by atoms with E-state index in [2.05, 4.69) is 0 Å². The molecule has 0 spiro atoms. The van der Waals surface area contributed by atoms with Gasteiger partial charge in [0.05, 0.1) is 11.6 Å². The zero-order chi connectivity index (χ0) is 16.9. The van der Waals surface area contributed by atoms with Crippen molar-refractivity contribution in [3.8, 4) is 0 Å². The molecular weight excluding hydrogens is 331 g/mol. The van der Waals surface area contributed by atoms with Crippen LogP contribution in [0, 0.1) is 0 Å². The van der Waals surface area contributed by atoms with Gasteiger partial charge in [0.2, 0.25) is 5.91 Å². The largest absolute Gasteiger partial charge is 0.416 e. The van der Waals surface area contributed by atoms with E-state index < -0.39 is 17.8 Å². The molecule has 0 fully saturated rings. The van der Waals surface area contributed by atoms with Gasteiger partial charge in [-0.15, -0.1) is 12.4 Å². The number of hydrogen-bond donors (Lipinski definition) is 1. The molecule has 0 radical (unpaired) electrons. The number of rotatable bonds is 6. The van der Waals surface area contributed by atoms with E-state index in [4.69, 9.17) is 5.73 Å². The van der Waals surface area contributed by atoms with Gasteiger partial charge in [-0.1, -0.05) is 12.1 Å². The lowest BCUT2D eigenvalue weighted by Crippen LogP contribution is -2.44. The van der Waals surface area contributed by atoms with E-state index in [1.54, 1.807) is 13.0 Å². The Balaban J connectivity index is 0.00000484. The van der Waals surface area contributed by atoms with Gasteiger partial charge >= 0.3 is 6.18 Å². The number of carbonyl (C=O) groups is 1. The molecule has 0 aliphatic heterocycles. The van der Waals surface area contributed by atoms with Crippen LogP contribution in [-0.2, 0) is 17.5 Å². The molecule has 0 saturated heterocycles. The number of hydrogen-bond acceptors (Lipinski definition) is 3. The Bertz CT molecular complexity index is 507. The number of nitrogens with zero attached hydrogens (tertiary/aromatic N) is 2. The van der Waals surface area contributed by atoms with Crippen LogP contribution in [0.3, 0.4) is 0 Å². The lowest BCUT2D eigenvalue weighted by Gasteiger charge is -2.26. The first-order chi connectivity index (χ1) is 10.1. The van der Waals surface area contributed by atoms with Crippen LogP contribution < -0.4 is 5.73 Å². The van der Waals surface area contributed by atoms with Gasteiger partial charge in [0.25, 0.3) is 0 Å². The molecule has 1 amide bonds. The number of benzene rings is 1. The molecule has 1 rings (SSSR count). The lowest BCUT2D eigenvalue weighted by molar-refractivity contribution is -0.137. The Kier molecular flexibility index (Phi) is 8.58. The highest BCUT2D eigenvalue weighted by atomic mass is 35.5. The Labute approximate surface area is 140 Å². The molecule has 1 aromatic rings. The Hall–Kier alpha value is -1.31. The van der Waals surface area contributed by atoms with E-state index >= 15 is 0 Å². The van der Waals surface area contributed by atoms with Gasteiger partial charge in [0.1, 0.15) is 0 Å². The van der Waals surface area contributed by atoms with Crippen molar-refractivity contribution >= 4 is 18.3 Å². The fourth-order valence-electron chi connectivity index (χ4n) is 1.94. The van der Waals surface area contributed by atoms with E-state index in [0.717, 1.165) is 12.1 Å². The molecule has 1 unspecified atom stereocenters. The van der Waals surface area contributed by atoms with Crippen LogP contribution in [0.1, 0.15) is 18.1 Å². The SMILES string of the molecule is CC(N)C(=O)N(CCN(C)C)Cc1cccc(C(F)(F)F)c1.Cl. The summed E-state index contributed by atoms with van der Waals surface area (Å²) in [5, 5.41) is 0. The second-order valence-corrected chi connectivity index (χ2v) is 5.55. The molecule has 2 N–H and O–H groups in total. The highest BCUT2D eigenvalue weighted by molar-refractivity contribution is 5.85. The molecule has 0 aromatic heterocycles. The van der Waals surface area contributed by atoms with Crippen molar-refractivity contribution in [1.82, 2.24) is 9.80 Å². The zero-order valence-corrected chi connectivity index (χ0v) is 14.2. The molecule has 0 aliphatic carbocycles. The summed E-state index contributed by atoms with van der Waals surface area (Å²) < 4.78 is 38.2. The van der Waals surface area contributed by atoms with E-state index in [-0.39, 0.29) is 24.9 Å². The van der Waals surface area contributed by atoms with Gasteiger partial charge in [-0.25, -0.2) is 0 Å². The summed E-state index contributed by atoms with van der Waals surface area (Å²) in [7, 11) is 3.72. The highest BCUT2D eigenvalue weighted by Gasteiger charge is 2.30. The van der Waals surface area contributed by atoms with Gasteiger partial charge in [0, 0.05) is 19.6 Å². The maximum Gasteiger partial charge on any atom is 0.416 e. The van der Waals surface area contributed by atoms with Crippen molar-refractivity contribution in [1.29, 1.82) is 0 Å². The third-order valence-electron chi connectivity index (χ3n) is 3.15. The van der Waals surface area contributed by atoms with Crippen LogP contribution in [0.4, 0.5) is 13.2 Å². The molecule has 4 nitrogen and oxygen atoms in total. The molecule has 23 heavy (non-hydrogen) atoms. The first-order valence-electron chi connectivity index (χ1n) is 6.96. The third-order valence-corrected chi connectivity index (χ3v) is 3.15. The normalized spacial score (nSPS) is 12.7. The fourth-order valence-corrected chi connectivity index (χ4v) is 1.94. The maximum atomic E-state index is 12.7. The molecular formula is C15H23ClF3N3O. The van der Waals surface area contributed by atoms with Gasteiger partial charge in [0.15, 0.2) is 0 Å². The van der Waals surface area contributed by atoms with E-state index in [9.17, 15) is 18.0 Å². The lowest BCUT2D eigenvalue weighted by atomic mass is 10.1. The average Bonchev–Trinajstić information content (AvgIpc) is 2.41. The average molecular weight is 354 g/mol. The summed E-state index contributed by atoms with van der Waals surface area (Å²) in [6, 6.07) is 4.32. The maximum absolute atomic E-state index is 12.7. The van der Waals surface area contributed by atoms with Crippen molar-refractivity contribution in [2.75, 3.05) is 27.2 Å². The number of alkyl halides is 3. The molecule has 0 saturated carbocycles. The van der Waals surface area contributed by atoms with Crippen LogP contribution in [0.15, 0.2) is 24.3 Å². The molecule has 8 heteroatoms. The fraction of sp³-hybridized carbons (Fsp3) is 0.533. The third kappa shape index (κ3) is 7.20. The van der Waals surface area contributed by atoms with E-state index in [1.807, 2.05) is 19.0 Å². The zero-order valence-electron chi connectivity index (χ0n) is 13.4. The number of amides is 1. The van der Waals surface area contributed by atoms with Gasteiger partial charge in [-0.3, -0.25) is 4.79 Å².